The Hall–Kier alpha value is -1.29. The van der Waals surface area contributed by atoms with Crippen molar-refractivity contribution in [1.82, 2.24) is 0 Å². The smallest absolute Gasteiger partial charge is 0.340 e. The maximum atomic E-state index is 11.4. The maximum Gasteiger partial charge on any atom is 0.340 e. The Balaban J connectivity index is 3.39. The lowest BCUT2D eigenvalue weighted by Crippen LogP contribution is -2.07. The Morgan fingerprint density at radius 2 is 2.13 bits per heavy atom. The van der Waals surface area contributed by atoms with Crippen LogP contribution in [-0.4, -0.2) is 20.2 Å². The maximum absolute atomic E-state index is 11.4. The topological polar surface area (TPSA) is 59.3 Å². The summed E-state index contributed by atoms with van der Waals surface area (Å²) in [5, 5.41) is 8.89. The van der Waals surface area contributed by atoms with Crippen LogP contribution in [-0.2, 0) is 4.74 Å². The zero-order valence-electron chi connectivity index (χ0n) is 8.20. The minimum absolute atomic E-state index is 0.255. The molecule has 1 rings (SSSR count). The predicted molar refractivity (Wildman–Crippen MR) is 61.8 cm³/mol. The summed E-state index contributed by atoms with van der Waals surface area (Å²) in [5.74, 6) is 0.0298. The van der Waals surface area contributed by atoms with Crippen molar-refractivity contribution < 1.29 is 14.3 Å². The molecule has 1 aromatic rings. The van der Waals surface area contributed by atoms with Crippen LogP contribution in [0.2, 0.25) is 0 Å². The van der Waals surface area contributed by atoms with Crippen LogP contribution in [0.4, 0.5) is 0 Å². The fourth-order valence-electron chi connectivity index (χ4n) is 1.10. The van der Waals surface area contributed by atoms with Crippen LogP contribution in [0.3, 0.4) is 0 Å². The molecule has 0 aromatic heterocycles. The summed E-state index contributed by atoms with van der Waals surface area (Å²) in [5.41, 5.74) is 0.534. The molecule has 0 spiro atoms. The van der Waals surface area contributed by atoms with Crippen LogP contribution in [0.15, 0.2) is 12.1 Å². The third-order valence-electron chi connectivity index (χ3n) is 1.81. The van der Waals surface area contributed by atoms with E-state index in [4.69, 9.17) is 10.00 Å². The number of nitriles is 1. The first kappa shape index (κ1) is 11.8. The van der Waals surface area contributed by atoms with Gasteiger partial charge in [-0.3, -0.25) is 0 Å². The summed E-state index contributed by atoms with van der Waals surface area (Å²) in [4.78, 5) is 11.4. The molecule has 15 heavy (non-hydrogen) atoms. The van der Waals surface area contributed by atoms with Gasteiger partial charge in [-0.2, -0.15) is 5.26 Å². The average molecular weight is 317 g/mol. The van der Waals surface area contributed by atoms with Crippen LogP contribution in [0.5, 0.6) is 5.75 Å². The van der Waals surface area contributed by atoms with Gasteiger partial charge >= 0.3 is 5.97 Å². The molecule has 0 aliphatic rings. The van der Waals surface area contributed by atoms with Crippen LogP contribution in [0, 0.1) is 14.9 Å². The number of methoxy groups -OCH3 is 2. The molecular formula is C10H8INO3. The predicted octanol–water partition coefficient (Wildman–Crippen LogP) is 1.96. The number of rotatable bonds is 2. The minimum atomic E-state index is -0.515. The van der Waals surface area contributed by atoms with Crippen molar-refractivity contribution in [3.8, 4) is 11.8 Å². The molecule has 0 amide bonds. The number of ether oxygens (including phenoxy) is 2. The van der Waals surface area contributed by atoms with Crippen molar-refractivity contribution in [2.45, 2.75) is 0 Å². The molecule has 5 heteroatoms. The summed E-state index contributed by atoms with van der Waals surface area (Å²) in [6.45, 7) is 0. The van der Waals surface area contributed by atoms with E-state index in [0.29, 0.717) is 9.32 Å². The van der Waals surface area contributed by atoms with Gasteiger partial charge in [0.1, 0.15) is 11.8 Å². The van der Waals surface area contributed by atoms with E-state index in [1.807, 2.05) is 28.7 Å². The molecule has 4 nitrogen and oxygen atoms in total. The fraction of sp³-hybridized carbons (Fsp3) is 0.200. The second-order valence-electron chi connectivity index (χ2n) is 2.64. The minimum Gasteiger partial charge on any atom is -0.497 e. The quantitative estimate of drug-likeness (QED) is 0.618. The number of hydrogen-bond donors (Lipinski definition) is 0. The van der Waals surface area contributed by atoms with Crippen molar-refractivity contribution in [2.24, 2.45) is 0 Å². The highest BCUT2D eigenvalue weighted by Gasteiger charge is 2.17. The molecule has 1 aromatic carbocycles. The van der Waals surface area contributed by atoms with Crippen LogP contribution < -0.4 is 4.74 Å². The molecule has 0 atom stereocenters. The van der Waals surface area contributed by atoms with Gasteiger partial charge in [0.2, 0.25) is 0 Å². The molecule has 0 heterocycles. The molecular weight excluding hydrogens is 309 g/mol. The van der Waals surface area contributed by atoms with Crippen molar-refractivity contribution in [3.63, 3.8) is 0 Å². The van der Waals surface area contributed by atoms with E-state index in [1.165, 1.54) is 20.3 Å². The molecule has 0 radical (unpaired) electrons. The molecule has 78 valence electrons. The Labute approximate surface area is 101 Å². The number of carbonyl (C=O) groups excluding carboxylic acids is 1. The van der Waals surface area contributed by atoms with Crippen LogP contribution >= 0.6 is 22.6 Å². The summed E-state index contributed by atoms with van der Waals surface area (Å²) in [6.07, 6.45) is 0. The zero-order chi connectivity index (χ0) is 11.4. The number of hydrogen-bond acceptors (Lipinski definition) is 4. The van der Waals surface area contributed by atoms with Gasteiger partial charge in [0, 0.05) is 3.57 Å². The molecule has 0 unspecified atom stereocenters. The zero-order valence-corrected chi connectivity index (χ0v) is 10.4. The van der Waals surface area contributed by atoms with Gasteiger partial charge in [0.15, 0.2) is 0 Å². The van der Waals surface area contributed by atoms with E-state index in [-0.39, 0.29) is 11.1 Å². The van der Waals surface area contributed by atoms with E-state index in [0.717, 1.165) is 0 Å². The average Bonchev–Trinajstić information content (AvgIpc) is 2.26. The summed E-state index contributed by atoms with van der Waals surface area (Å²) in [6, 6.07) is 5.12. The molecule has 0 saturated heterocycles. The van der Waals surface area contributed by atoms with Crippen molar-refractivity contribution >= 4 is 28.6 Å². The summed E-state index contributed by atoms with van der Waals surface area (Å²) < 4.78 is 10.2. The van der Waals surface area contributed by atoms with Crippen molar-refractivity contribution in [1.29, 1.82) is 5.26 Å². The molecule has 0 aliphatic carbocycles. The monoisotopic (exact) mass is 317 g/mol. The van der Waals surface area contributed by atoms with Gasteiger partial charge in [0.05, 0.1) is 25.3 Å². The van der Waals surface area contributed by atoms with Crippen LogP contribution in [0.25, 0.3) is 0 Å². The molecule has 0 bridgehead atoms. The third kappa shape index (κ3) is 2.39. The Morgan fingerprint density at radius 1 is 1.47 bits per heavy atom. The second kappa shape index (κ2) is 4.98. The molecule has 0 aliphatic heterocycles. The first-order valence-corrected chi connectivity index (χ1v) is 5.07. The van der Waals surface area contributed by atoms with Gasteiger partial charge in [-0.15, -0.1) is 0 Å². The number of esters is 1. The Kier molecular flexibility index (Phi) is 3.91. The first-order valence-electron chi connectivity index (χ1n) is 4.00. The van der Waals surface area contributed by atoms with E-state index in [9.17, 15) is 4.79 Å². The lowest BCUT2D eigenvalue weighted by molar-refractivity contribution is 0.0599. The van der Waals surface area contributed by atoms with E-state index < -0.39 is 5.97 Å². The van der Waals surface area contributed by atoms with Gasteiger partial charge < -0.3 is 9.47 Å². The third-order valence-corrected chi connectivity index (χ3v) is 2.66. The second-order valence-corrected chi connectivity index (χ2v) is 3.80. The molecule has 0 fully saturated rings. The number of benzene rings is 1. The first-order chi connectivity index (χ1) is 7.13. The highest BCUT2D eigenvalue weighted by Crippen LogP contribution is 2.24. The highest BCUT2D eigenvalue weighted by atomic mass is 127. The normalized spacial score (nSPS) is 9.20. The van der Waals surface area contributed by atoms with E-state index in [1.54, 1.807) is 6.07 Å². The lowest BCUT2D eigenvalue weighted by Gasteiger charge is -2.07. The Morgan fingerprint density at radius 3 is 2.60 bits per heavy atom. The number of carbonyl (C=O) groups is 1. The van der Waals surface area contributed by atoms with E-state index >= 15 is 0 Å². The molecule has 0 N–H and O–H groups in total. The highest BCUT2D eigenvalue weighted by molar-refractivity contribution is 14.1. The lowest BCUT2D eigenvalue weighted by atomic mass is 10.1. The van der Waals surface area contributed by atoms with Crippen molar-refractivity contribution in [3.05, 3.63) is 26.8 Å². The number of nitrogens with zero attached hydrogens (tertiary/aromatic N) is 1. The summed E-state index contributed by atoms with van der Waals surface area (Å²) >= 11 is 1.96. The van der Waals surface area contributed by atoms with Crippen molar-refractivity contribution in [2.75, 3.05) is 14.2 Å². The van der Waals surface area contributed by atoms with Gasteiger partial charge in [0.25, 0.3) is 0 Å². The fourth-order valence-corrected chi connectivity index (χ4v) is 1.92. The largest absolute Gasteiger partial charge is 0.497 e. The number of halogens is 1. The molecule has 0 saturated carbocycles. The summed E-state index contributed by atoms with van der Waals surface area (Å²) in [7, 11) is 2.79. The van der Waals surface area contributed by atoms with E-state index in [2.05, 4.69) is 4.74 Å². The standard InChI is InChI=1S/C10H8INO3/c1-14-7-3-6(5-12)9(8(11)4-7)10(13)15-2/h3-4H,1-2H3. The Bertz CT molecular complexity index is 437. The van der Waals surface area contributed by atoms with Gasteiger partial charge in [-0.1, -0.05) is 0 Å². The van der Waals surface area contributed by atoms with Gasteiger partial charge in [-0.25, -0.2) is 4.79 Å². The SMILES string of the molecule is COC(=O)c1c(I)cc(OC)cc1C#N. The van der Waals surface area contributed by atoms with Gasteiger partial charge in [-0.05, 0) is 34.7 Å². The van der Waals surface area contributed by atoms with Crippen LogP contribution in [0.1, 0.15) is 15.9 Å².